The molecule has 5 heteroatoms. The molecule has 1 aliphatic carbocycles. The van der Waals surface area contributed by atoms with Gasteiger partial charge in [-0.3, -0.25) is 4.79 Å². The molecule has 0 atom stereocenters. The molecule has 0 aliphatic heterocycles. The zero-order valence-electron chi connectivity index (χ0n) is 10.3. The molecule has 98 valence electrons. The van der Waals surface area contributed by atoms with Gasteiger partial charge in [-0.15, -0.1) is 0 Å². The third-order valence-electron chi connectivity index (χ3n) is 3.43. The second-order valence-corrected chi connectivity index (χ2v) is 4.54. The maximum Gasteiger partial charge on any atom is 0.306 e. The van der Waals surface area contributed by atoms with Crippen LogP contribution in [0.25, 0.3) is 0 Å². The van der Waals surface area contributed by atoms with E-state index < -0.39 is 17.5 Å². The van der Waals surface area contributed by atoms with E-state index in [2.05, 4.69) is 0 Å². The first-order chi connectivity index (χ1) is 8.50. The van der Waals surface area contributed by atoms with Crippen LogP contribution in [0.3, 0.4) is 0 Å². The fraction of sp³-hybridized carbons (Fsp3) is 0.462. The first-order valence-electron chi connectivity index (χ1n) is 5.68. The molecule has 0 radical (unpaired) electrons. The molecule has 2 N–H and O–H groups in total. The van der Waals surface area contributed by atoms with Crippen molar-refractivity contribution in [1.29, 1.82) is 0 Å². The van der Waals surface area contributed by atoms with E-state index in [1.165, 1.54) is 7.11 Å². The van der Waals surface area contributed by atoms with Crippen LogP contribution in [0.4, 0.5) is 0 Å². The number of aliphatic carboxylic acids is 1. The van der Waals surface area contributed by atoms with E-state index in [4.69, 9.17) is 14.6 Å². The summed E-state index contributed by atoms with van der Waals surface area (Å²) in [5.74, 6) is -0.206. The lowest BCUT2D eigenvalue weighted by Gasteiger charge is -2.42. The molecule has 0 unspecified atom stereocenters. The van der Waals surface area contributed by atoms with E-state index in [-0.39, 0.29) is 12.8 Å². The molecule has 0 amide bonds. The predicted molar refractivity (Wildman–Crippen MR) is 63.8 cm³/mol. The van der Waals surface area contributed by atoms with Crippen LogP contribution in [0.15, 0.2) is 18.2 Å². The van der Waals surface area contributed by atoms with E-state index in [1.807, 2.05) is 0 Å². The van der Waals surface area contributed by atoms with Crippen LogP contribution in [-0.4, -0.2) is 30.4 Å². The smallest absolute Gasteiger partial charge is 0.306 e. The Balaban J connectivity index is 2.26. The van der Waals surface area contributed by atoms with E-state index >= 15 is 0 Å². The quantitative estimate of drug-likeness (QED) is 0.846. The lowest BCUT2D eigenvalue weighted by molar-refractivity contribution is -0.159. The van der Waals surface area contributed by atoms with Crippen LogP contribution in [-0.2, 0) is 10.4 Å². The molecule has 1 aromatic rings. The van der Waals surface area contributed by atoms with Gasteiger partial charge in [-0.1, -0.05) is 0 Å². The molecule has 0 spiro atoms. The van der Waals surface area contributed by atoms with E-state index in [0.29, 0.717) is 17.1 Å². The van der Waals surface area contributed by atoms with Gasteiger partial charge in [-0.25, -0.2) is 0 Å². The highest BCUT2D eigenvalue weighted by molar-refractivity contribution is 5.72. The normalized spacial score (nSPS) is 26.3. The number of ether oxygens (including phenoxy) is 2. The van der Waals surface area contributed by atoms with Crippen LogP contribution in [0.2, 0.25) is 0 Å². The maximum absolute atomic E-state index is 10.8. The monoisotopic (exact) mass is 252 g/mol. The van der Waals surface area contributed by atoms with Gasteiger partial charge in [0.05, 0.1) is 25.7 Å². The summed E-state index contributed by atoms with van der Waals surface area (Å²) < 4.78 is 10.3. The fourth-order valence-corrected chi connectivity index (χ4v) is 2.33. The maximum atomic E-state index is 10.8. The zero-order chi connectivity index (χ0) is 13.3. The van der Waals surface area contributed by atoms with Crippen molar-refractivity contribution in [2.45, 2.75) is 18.4 Å². The van der Waals surface area contributed by atoms with Gasteiger partial charge in [0.1, 0.15) is 11.5 Å². The SMILES string of the molecule is COc1ccc(C2(O)CC(C(=O)O)C2)c(OC)c1. The number of carboxylic acids is 1. The number of aliphatic hydroxyl groups is 1. The molecule has 1 fully saturated rings. The lowest BCUT2D eigenvalue weighted by Crippen LogP contribution is -2.44. The molecule has 5 nitrogen and oxygen atoms in total. The summed E-state index contributed by atoms with van der Waals surface area (Å²) in [5, 5.41) is 19.3. The third-order valence-corrected chi connectivity index (χ3v) is 3.43. The number of carbonyl (C=O) groups is 1. The second kappa shape index (κ2) is 4.49. The summed E-state index contributed by atoms with van der Waals surface area (Å²) in [6, 6.07) is 5.13. The van der Waals surface area contributed by atoms with Gasteiger partial charge in [0.15, 0.2) is 0 Å². The molecule has 1 saturated carbocycles. The summed E-state index contributed by atoms with van der Waals surface area (Å²) in [7, 11) is 3.06. The number of benzene rings is 1. The van der Waals surface area contributed by atoms with Gasteiger partial charge >= 0.3 is 5.97 Å². The molecule has 1 aromatic carbocycles. The number of carboxylic acid groups (broad SMARTS) is 1. The Bertz CT molecular complexity index is 462. The minimum atomic E-state index is -1.11. The molecule has 18 heavy (non-hydrogen) atoms. The highest BCUT2D eigenvalue weighted by Crippen LogP contribution is 2.49. The minimum absolute atomic E-state index is 0.213. The van der Waals surface area contributed by atoms with Crippen molar-refractivity contribution in [1.82, 2.24) is 0 Å². The van der Waals surface area contributed by atoms with Crippen LogP contribution in [0.5, 0.6) is 11.5 Å². The van der Waals surface area contributed by atoms with Crippen LogP contribution in [0.1, 0.15) is 18.4 Å². The fourth-order valence-electron chi connectivity index (χ4n) is 2.33. The summed E-state index contributed by atoms with van der Waals surface area (Å²) >= 11 is 0. The van der Waals surface area contributed by atoms with Crippen molar-refractivity contribution >= 4 is 5.97 Å². The Kier molecular flexibility index (Phi) is 3.17. The van der Waals surface area contributed by atoms with Crippen LogP contribution >= 0.6 is 0 Å². The van der Waals surface area contributed by atoms with E-state index in [9.17, 15) is 9.90 Å². The van der Waals surface area contributed by atoms with Crippen molar-refractivity contribution < 1.29 is 24.5 Å². The highest BCUT2D eigenvalue weighted by atomic mass is 16.5. The Morgan fingerprint density at radius 2 is 2.00 bits per heavy atom. The van der Waals surface area contributed by atoms with Gasteiger partial charge in [0.2, 0.25) is 0 Å². The molecule has 0 heterocycles. The Morgan fingerprint density at radius 1 is 1.33 bits per heavy atom. The Hall–Kier alpha value is -1.75. The number of hydrogen-bond donors (Lipinski definition) is 2. The van der Waals surface area contributed by atoms with Crippen molar-refractivity contribution in [3.63, 3.8) is 0 Å². The highest BCUT2D eigenvalue weighted by Gasteiger charge is 2.48. The molecule has 1 aliphatic rings. The van der Waals surface area contributed by atoms with Crippen molar-refractivity contribution in [2.75, 3.05) is 14.2 Å². The third kappa shape index (κ3) is 2.01. The van der Waals surface area contributed by atoms with Gasteiger partial charge < -0.3 is 19.7 Å². The van der Waals surface area contributed by atoms with Gasteiger partial charge in [-0.2, -0.15) is 0 Å². The van der Waals surface area contributed by atoms with Gasteiger partial charge in [0.25, 0.3) is 0 Å². The van der Waals surface area contributed by atoms with Crippen molar-refractivity contribution in [3.05, 3.63) is 23.8 Å². The zero-order valence-corrected chi connectivity index (χ0v) is 10.3. The molecule has 0 aromatic heterocycles. The largest absolute Gasteiger partial charge is 0.497 e. The van der Waals surface area contributed by atoms with Gasteiger partial charge in [0, 0.05) is 11.6 Å². The second-order valence-electron chi connectivity index (χ2n) is 4.54. The predicted octanol–water partition coefficient (Wildman–Crippen LogP) is 1.39. The molecule has 2 rings (SSSR count). The standard InChI is InChI=1S/C13H16O5/c1-17-9-3-4-10(11(5-9)18-2)13(16)6-8(7-13)12(14)15/h3-5,8,16H,6-7H2,1-2H3,(H,14,15). The molecular weight excluding hydrogens is 236 g/mol. The number of rotatable bonds is 4. The Morgan fingerprint density at radius 3 is 2.50 bits per heavy atom. The summed E-state index contributed by atoms with van der Waals surface area (Å²) in [6.07, 6.45) is 0.427. The first-order valence-corrected chi connectivity index (χ1v) is 5.68. The van der Waals surface area contributed by atoms with E-state index in [0.717, 1.165) is 0 Å². The van der Waals surface area contributed by atoms with E-state index in [1.54, 1.807) is 25.3 Å². The number of methoxy groups -OCH3 is 2. The molecular formula is C13H16O5. The topological polar surface area (TPSA) is 76.0 Å². The average molecular weight is 252 g/mol. The van der Waals surface area contributed by atoms with Crippen molar-refractivity contribution in [3.8, 4) is 11.5 Å². The van der Waals surface area contributed by atoms with Gasteiger partial charge in [-0.05, 0) is 25.0 Å². The van der Waals surface area contributed by atoms with Crippen LogP contribution < -0.4 is 9.47 Å². The summed E-state index contributed by atoms with van der Waals surface area (Å²) in [4.78, 5) is 10.8. The summed E-state index contributed by atoms with van der Waals surface area (Å²) in [6.45, 7) is 0. The minimum Gasteiger partial charge on any atom is -0.497 e. The lowest BCUT2D eigenvalue weighted by atomic mass is 9.67. The van der Waals surface area contributed by atoms with Crippen LogP contribution in [0, 0.1) is 5.92 Å². The molecule has 0 bridgehead atoms. The Labute approximate surface area is 105 Å². The summed E-state index contributed by atoms with van der Waals surface area (Å²) in [5.41, 5.74) is -0.496. The first kappa shape index (κ1) is 12.7. The van der Waals surface area contributed by atoms with Crippen molar-refractivity contribution in [2.24, 2.45) is 5.92 Å². The number of hydrogen-bond acceptors (Lipinski definition) is 4. The average Bonchev–Trinajstić information content (AvgIpc) is 2.33. The molecule has 0 saturated heterocycles.